The molecule has 106 valence electrons. The first-order chi connectivity index (χ1) is 9.65. The Morgan fingerprint density at radius 2 is 2.10 bits per heavy atom. The molecule has 0 radical (unpaired) electrons. The maximum Gasteiger partial charge on any atom is 0.265 e. The summed E-state index contributed by atoms with van der Waals surface area (Å²) in [4.78, 5) is 25.8. The molecule has 1 amide bonds. The Bertz CT molecular complexity index is 552. The molecule has 0 unspecified atom stereocenters. The second-order valence-corrected chi connectivity index (χ2v) is 5.76. The summed E-state index contributed by atoms with van der Waals surface area (Å²) in [5, 5.41) is 0.528. The first kappa shape index (κ1) is 13.4. The van der Waals surface area contributed by atoms with Gasteiger partial charge in [-0.3, -0.25) is 14.5 Å². The van der Waals surface area contributed by atoms with Crippen LogP contribution in [-0.2, 0) is 9.59 Å². The van der Waals surface area contributed by atoms with Crippen LogP contribution >= 0.6 is 11.6 Å². The van der Waals surface area contributed by atoms with E-state index in [0.29, 0.717) is 16.5 Å². The van der Waals surface area contributed by atoms with Crippen molar-refractivity contribution in [2.75, 3.05) is 18.1 Å². The predicted molar refractivity (Wildman–Crippen MR) is 76.3 cm³/mol. The van der Waals surface area contributed by atoms with Gasteiger partial charge < -0.3 is 4.74 Å². The third-order valence-corrected chi connectivity index (χ3v) is 4.22. The van der Waals surface area contributed by atoms with E-state index in [4.69, 9.17) is 16.3 Å². The van der Waals surface area contributed by atoms with Crippen molar-refractivity contribution >= 4 is 29.0 Å². The van der Waals surface area contributed by atoms with Crippen LogP contribution in [0.4, 0.5) is 5.69 Å². The molecule has 1 fully saturated rings. The van der Waals surface area contributed by atoms with E-state index in [1.807, 2.05) is 0 Å². The summed E-state index contributed by atoms with van der Waals surface area (Å²) in [7, 11) is 0. The molecule has 0 atom stereocenters. The highest BCUT2D eigenvalue weighted by atomic mass is 35.5. The molecule has 2 aliphatic rings. The average molecular weight is 294 g/mol. The Labute approximate surface area is 122 Å². The number of amides is 1. The third-order valence-electron chi connectivity index (χ3n) is 3.99. The van der Waals surface area contributed by atoms with E-state index in [-0.39, 0.29) is 30.8 Å². The van der Waals surface area contributed by atoms with Gasteiger partial charge in [0.15, 0.2) is 12.4 Å². The van der Waals surface area contributed by atoms with Crippen LogP contribution in [0.1, 0.15) is 25.7 Å². The molecule has 1 saturated carbocycles. The zero-order chi connectivity index (χ0) is 14.1. The highest BCUT2D eigenvalue weighted by Crippen LogP contribution is 2.35. The van der Waals surface area contributed by atoms with Gasteiger partial charge in [0.05, 0.1) is 12.2 Å². The minimum absolute atomic E-state index is 0.0213. The molecule has 0 saturated heterocycles. The molecule has 0 bridgehead atoms. The Morgan fingerprint density at radius 3 is 2.85 bits per heavy atom. The summed E-state index contributed by atoms with van der Waals surface area (Å²) in [5.74, 6) is 0.663. The first-order valence-electron chi connectivity index (χ1n) is 6.90. The van der Waals surface area contributed by atoms with Gasteiger partial charge in [-0.25, -0.2) is 0 Å². The average Bonchev–Trinajstić information content (AvgIpc) is 2.96. The molecule has 4 nitrogen and oxygen atoms in total. The first-order valence-corrected chi connectivity index (χ1v) is 7.28. The number of rotatable bonds is 3. The van der Waals surface area contributed by atoms with Gasteiger partial charge in [0.25, 0.3) is 5.91 Å². The van der Waals surface area contributed by atoms with E-state index in [1.54, 1.807) is 18.2 Å². The number of hydrogen-bond acceptors (Lipinski definition) is 3. The lowest BCUT2D eigenvalue weighted by Crippen LogP contribution is -2.43. The molecule has 0 N–H and O–H groups in total. The van der Waals surface area contributed by atoms with Gasteiger partial charge in [-0.1, -0.05) is 24.4 Å². The summed E-state index contributed by atoms with van der Waals surface area (Å²) >= 11 is 5.97. The molecule has 1 heterocycles. The number of carbonyl (C=O) groups is 2. The summed E-state index contributed by atoms with van der Waals surface area (Å²) < 4.78 is 5.37. The highest BCUT2D eigenvalue weighted by molar-refractivity contribution is 6.31. The Kier molecular flexibility index (Phi) is 3.66. The van der Waals surface area contributed by atoms with Gasteiger partial charge in [-0.2, -0.15) is 0 Å². The normalized spacial score (nSPS) is 18.9. The Balaban J connectivity index is 1.83. The van der Waals surface area contributed by atoms with Crippen LogP contribution in [-0.4, -0.2) is 24.8 Å². The molecule has 1 aromatic rings. The van der Waals surface area contributed by atoms with Crippen molar-refractivity contribution in [1.29, 1.82) is 0 Å². The van der Waals surface area contributed by atoms with E-state index >= 15 is 0 Å². The fraction of sp³-hybridized carbons (Fsp3) is 0.467. The number of carbonyl (C=O) groups excluding carboxylic acids is 2. The largest absolute Gasteiger partial charge is 0.482 e. The maximum atomic E-state index is 12.3. The van der Waals surface area contributed by atoms with Crippen molar-refractivity contribution in [2.24, 2.45) is 5.92 Å². The van der Waals surface area contributed by atoms with Crippen LogP contribution in [0.25, 0.3) is 0 Å². The number of nitrogens with zero attached hydrogens (tertiary/aromatic N) is 1. The van der Waals surface area contributed by atoms with E-state index in [9.17, 15) is 9.59 Å². The smallest absolute Gasteiger partial charge is 0.265 e. The van der Waals surface area contributed by atoms with Gasteiger partial charge in [-0.05, 0) is 31.0 Å². The van der Waals surface area contributed by atoms with Crippen molar-refractivity contribution in [3.05, 3.63) is 23.2 Å². The quantitative estimate of drug-likeness (QED) is 0.861. The second kappa shape index (κ2) is 5.44. The Hall–Kier alpha value is -1.55. The monoisotopic (exact) mass is 293 g/mol. The lowest BCUT2D eigenvalue weighted by Gasteiger charge is -2.29. The van der Waals surface area contributed by atoms with E-state index in [1.165, 1.54) is 4.90 Å². The van der Waals surface area contributed by atoms with Gasteiger partial charge >= 0.3 is 0 Å². The van der Waals surface area contributed by atoms with E-state index < -0.39 is 0 Å². The molecule has 1 aromatic carbocycles. The third kappa shape index (κ3) is 2.52. The summed E-state index contributed by atoms with van der Waals surface area (Å²) in [6, 6.07) is 5.13. The van der Waals surface area contributed by atoms with Crippen molar-refractivity contribution in [3.63, 3.8) is 0 Å². The van der Waals surface area contributed by atoms with Gasteiger partial charge in [0.2, 0.25) is 0 Å². The SMILES string of the molecule is O=C(CN1C(=O)COc2ccc(Cl)cc21)C1CCCC1. The number of hydrogen-bond donors (Lipinski definition) is 0. The standard InChI is InChI=1S/C15H16ClNO3/c16-11-5-6-14-12(7-11)17(15(19)9-20-14)8-13(18)10-3-1-2-4-10/h5-7,10H,1-4,8-9H2. The van der Waals surface area contributed by atoms with Gasteiger partial charge in [-0.15, -0.1) is 0 Å². The second-order valence-electron chi connectivity index (χ2n) is 5.33. The molecule has 20 heavy (non-hydrogen) atoms. The summed E-state index contributed by atoms with van der Waals surface area (Å²) in [6.45, 7) is 0.104. The molecule has 5 heteroatoms. The van der Waals surface area contributed by atoms with Crippen LogP contribution in [0.3, 0.4) is 0 Å². The fourth-order valence-corrected chi connectivity index (χ4v) is 3.05. The van der Waals surface area contributed by atoms with Gasteiger partial charge in [0.1, 0.15) is 5.75 Å². The molecular formula is C15H16ClNO3. The van der Waals surface area contributed by atoms with Crippen LogP contribution < -0.4 is 9.64 Å². The molecule has 0 spiro atoms. The van der Waals surface area contributed by atoms with Crippen LogP contribution in [0.15, 0.2) is 18.2 Å². The van der Waals surface area contributed by atoms with Crippen molar-refractivity contribution in [2.45, 2.75) is 25.7 Å². The van der Waals surface area contributed by atoms with E-state index in [0.717, 1.165) is 25.7 Å². The summed E-state index contributed by atoms with van der Waals surface area (Å²) in [6.07, 6.45) is 4.10. The Morgan fingerprint density at radius 1 is 1.35 bits per heavy atom. The van der Waals surface area contributed by atoms with Crippen molar-refractivity contribution < 1.29 is 14.3 Å². The zero-order valence-corrected chi connectivity index (χ0v) is 11.9. The summed E-state index contributed by atoms with van der Waals surface area (Å²) in [5.41, 5.74) is 0.597. The lowest BCUT2D eigenvalue weighted by molar-refractivity contribution is -0.126. The lowest BCUT2D eigenvalue weighted by atomic mass is 10.0. The van der Waals surface area contributed by atoms with Crippen molar-refractivity contribution in [3.8, 4) is 5.75 Å². The zero-order valence-electron chi connectivity index (χ0n) is 11.1. The highest BCUT2D eigenvalue weighted by Gasteiger charge is 2.30. The van der Waals surface area contributed by atoms with Crippen molar-refractivity contribution in [1.82, 2.24) is 0 Å². The van der Waals surface area contributed by atoms with Crippen LogP contribution in [0.5, 0.6) is 5.75 Å². The molecule has 0 aromatic heterocycles. The maximum absolute atomic E-state index is 12.3. The molecule has 3 rings (SSSR count). The fourth-order valence-electron chi connectivity index (χ4n) is 2.88. The predicted octanol–water partition coefficient (Wildman–Crippen LogP) is 2.82. The number of halogens is 1. The number of ether oxygens (including phenoxy) is 1. The number of anilines is 1. The van der Waals surface area contributed by atoms with Gasteiger partial charge in [0, 0.05) is 10.9 Å². The molecule has 1 aliphatic heterocycles. The minimum Gasteiger partial charge on any atom is -0.482 e. The number of ketones is 1. The topological polar surface area (TPSA) is 46.6 Å². The molecular weight excluding hydrogens is 278 g/mol. The number of Topliss-reactive ketones (excluding diaryl/α,β-unsaturated/α-hetero) is 1. The number of benzene rings is 1. The number of fused-ring (bicyclic) bond motifs is 1. The molecule has 1 aliphatic carbocycles. The van der Waals surface area contributed by atoms with Crippen LogP contribution in [0, 0.1) is 5.92 Å². The van der Waals surface area contributed by atoms with Crippen LogP contribution in [0.2, 0.25) is 5.02 Å². The minimum atomic E-state index is -0.189. The van der Waals surface area contributed by atoms with E-state index in [2.05, 4.69) is 0 Å².